The Labute approximate surface area is 700 Å². The third kappa shape index (κ3) is 25.6. The second kappa shape index (κ2) is 44.6. The first-order chi connectivity index (χ1) is 56.6. The predicted octanol–water partition coefficient (Wildman–Crippen LogP) is 24.6. The van der Waals surface area contributed by atoms with E-state index in [1.807, 2.05) is 56.3 Å². The van der Waals surface area contributed by atoms with Gasteiger partial charge in [-0.15, -0.1) is 58.5 Å². The van der Waals surface area contributed by atoms with Crippen LogP contribution in [0.3, 0.4) is 0 Å². The Morgan fingerprint density at radius 1 is 0.359 bits per heavy atom. The summed E-state index contributed by atoms with van der Waals surface area (Å²) < 4.78 is 0. The maximum atomic E-state index is 11.1. The van der Waals surface area contributed by atoms with Gasteiger partial charge in [-0.3, -0.25) is 4.79 Å². The number of carboxylic acids is 4. The molecule has 0 amide bonds. The van der Waals surface area contributed by atoms with Crippen molar-refractivity contribution in [2.45, 2.75) is 153 Å². The van der Waals surface area contributed by atoms with E-state index < -0.39 is 23.9 Å². The molecule has 0 radical (unpaired) electrons. The number of hydrogen-bond acceptors (Lipinski definition) is 20. The number of unbranched alkanes of at least 4 members (excludes halogenated alkanes) is 3. The lowest BCUT2D eigenvalue weighted by Crippen LogP contribution is -2.07. The molecule has 117 heavy (non-hydrogen) atoms. The lowest BCUT2D eigenvalue weighted by molar-refractivity contribution is -0.136. The van der Waals surface area contributed by atoms with Crippen LogP contribution < -0.4 is 21.3 Å². The van der Waals surface area contributed by atoms with Crippen molar-refractivity contribution >= 4 is 133 Å². The molecule has 20 nitrogen and oxygen atoms in total. The second-order valence-electron chi connectivity index (χ2n) is 27.0. The number of carboxylic acid groups (broad SMARTS) is 4. The number of anilines is 8. The summed E-state index contributed by atoms with van der Waals surface area (Å²) in [5.74, 6) is 2.14. The molecule has 12 rings (SSSR count). The SMILES string of the molecule is C=CCc1c(C)nc(-c2ccc(/C=C/CCC)s2)nc1Nc1ccc(C(=O)O)cc1.C=CCc1c(CC)nc(-c2ccc(/C=C/CCC)s2)nc1Nc1ccc(C(=O)O)cc1.CCC/C=C/c1ccc(-c2nc(C)c(CC)c(Nc3ccc(C(=O)O)cc3)n2)s1.CCc1nc(-c2ccc(C)s2)nc(Nc2ccc(CC(=O)O)cc2)c1CC. The highest BCUT2D eigenvalue weighted by Gasteiger charge is 2.21. The van der Waals surface area contributed by atoms with Gasteiger partial charge >= 0.3 is 23.9 Å². The molecule has 4 aromatic carbocycles. The quantitative estimate of drug-likeness (QED) is 0.0174. The number of aromatic nitrogens is 8. The Morgan fingerprint density at radius 3 is 1.01 bits per heavy atom. The van der Waals surface area contributed by atoms with Gasteiger partial charge < -0.3 is 41.7 Å². The molecule has 24 heteroatoms. The van der Waals surface area contributed by atoms with Crippen LogP contribution in [-0.2, 0) is 49.7 Å². The maximum absolute atomic E-state index is 11.1. The third-order valence-electron chi connectivity index (χ3n) is 18.2. The fraction of sp³-hybridized carbons (Fsp3) is 0.247. The van der Waals surface area contributed by atoms with Gasteiger partial charge in [-0.1, -0.05) is 110 Å². The maximum Gasteiger partial charge on any atom is 0.335 e. The first-order valence-electron chi connectivity index (χ1n) is 39.1. The van der Waals surface area contributed by atoms with E-state index in [4.69, 9.17) is 60.3 Å². The molecule has 0 aliphatic heterocycles. The number of nitrogens with one attached hydrogen (secondary N) is 4. The van der Waals surface area contributed by atoms with Crippen LogP contribution >= 0.6 is 45.3 Å². The van der Waals surface area contributed by atoms with Crippen LogP contribution in [0.15, 0.2) is 189 Å². The molecule has 0 spiro atoms. The Hall–Kier alpha value is -12.2. The number of aromatic carboxylic acids is 3. The van der Waals surface area contributed by atoms with E-state index in [9.17, 15) is 19.2 Å². The molecular weight excluding hydrogens is 1540 g/mol. The average Bonchev–Trinajstić information content (AvgIpc) is 1.81. The van der Waals surface area contributed by atoms with Gasteiger partial charge in [0.1, 0.15) is 23.3 Å². The van der Waals surface area contributed by atoms with Gasteiger partial charge in [0, 0.05) is 87.3 Å². The molecule has 12 aromatic rings. The summed E-state index contributed by atoms with van der Waals surface area (Å²) in [6.07, 6.45) is 27.8. The minimum Gasteiger partial charge on any atom is -0.481 e. The number of carbonyl (C=O) groups is 4. The normalized spacial score (nSPS) is 11.0. The van der Waals surface area contributed by atoms with Gasteiger partial charge in [-0.2, -0.15) is 0 Å². The van der Waals surface area contributed by atoms with Crippen LogP contribution in [0.5, 0.6) is 0 Å². The number of aliphatic carboxylic acids is 1. The van der Waals surface area contributed by atoms with Crippen molar-refractivity contribution in [2.75, 3.05) is 21.3 Å². The van der Waals surface area contributed by atoms with Crippen LogP contribution in [0, 0.1) is 20.8 Å². The van der Waals surface area contributed by atoms with Crippen molar-refractivity contribution in [1.29, 1.82) is 0 Å². The average molecular weight is 1640 g/mol. The number of allylic oxidation sites excluding steroid dienone is 5. The largest absolute Gasteiger partial charge is 0.481 e. The zero-order valence-electron chi connectivity index (χ0n) is 67.7. The number of rotatable bonds is 34. The summed E-state index contributed by atoms with van der Waals surface area (Å²) in [4.78, 5) is 91.3. The van der Waals surface area contributed by atoms with E-state index in [-0.39, 0.29) is 23.1 Å². The smallest absolute Gasteiger partial charge is 0.335 e. The molecule has 0 fully saturated rings. The molecule has 8 heterocycles. The summed E-state index contributed by atoms with van der Waals surface area (Å²) >= 11 is 6.69. The van der Waals surface area contributed by atoms with Crippen molar-refractivity contribution in [2.24, 2.45) is 0 Å². The molecule has 8 N–H and O–H groups in total. The van der Waals surface area contributed by atoms with Crippen LogP contribution in [0.4, 0.5) is 46.0 Å². The minimum atomic E-state index is -0.949. The van der Waals surface area contributed by atoms with Crippen molar-refractivity contribution in [1.82, 2.24) is 39.9 Å². The third-order valence-corrected chi connectivity index (χ3v) is 22.3. The lowest BCUT2D eigenvalue weighted by Gasteiger charge is -2.15. The van der Waals surface area contributed by atoms with Crippen LogP contribution in [-0.4, -0.2) is 84.2 Å². The van der Waals surface area contributed by atoms with E-state index >= 15 is 0 Å². The first kappa shape index (κ1) is 88.7. The predicted molar refractivity (Wildman–Crippen MR) is 484 cm³/mol. The number of aryl methyl sites for hydroxylation is 5. The van der Waals surface area contributed by atoms with Gasteiger partial charge in [0.05, 0.1) is 42.6 Å². The highest BCUT2D eigenvalue weighted by Crippen LogP contribution is 2.36. The van der Waals surface area contributed by atoms with Gasteiger partial charge in [-0.25, -0.2) is 54.3 Å². The van der Waals surface area contributed by atoms with Gasteiger partial charge in [0.15, 0.2) is 23.3 Å². The Kier molecular flexibility index (Phi) is 33.8. The minimum absolute atomic E-state index is 0.0237. The van der Waals surface area contributed by atoms with Gasteiger partial charge in [-0.05, 0) is 236 Å². The van der Waals surface area contributed by atoms with Gasteiger partial charge in [0.2, 0.25) is 0 Å². The number of benzene rings is 4. The molecule has 0 aliphatic rings. The monoisotopic (exact) mass is 1640 g/mol. The molecule has 0 bridgehead atoms. The Morgan fingerprint density at radius 2 is 0.675 bits per heavy atom. The van der Waals surface area contributed by atoms with Crippen molar-refractivity contribution in [3.8, 4) is 42.8 Å². The Balaban J connectivity index is 0.000000178. The standard InChI is InChI=1S/C25H27N3O2S.C24H25N3O2S.C23H25N3O2S.C21H23N3O2S/c1-4-7-8-10-19-15-16-22(31-19)24-27-21(6-3)20(9-5-2)23(28-24)26-18-13-11-17(12-14-18)25(29)30;1-4-6-7-9-19-14-15-21(30-19)23-25-16(3)20(8-5-2)22(27-23)26-18-12-10-17(11-13-18)24(28)29;1-4-6-7-8-18-13-14-20(29-18)22-24-15(3)19(5-2)21(26-22)25-17-11-9-16(10-12-17)23(27)28;1-4-16-17(5-2)23-21(18-11-6-13(3)27-18)24-20(16)22-15-9-7-14(8-10-15)12-19(25)26/h5,8,10-16H,2,4,6-7,9H2,1,3H3,(H,29,30)(H,26,27,28);5,7,9-15H,2,4,6,8H2,1,3H3,(H,28,29)(H,25,26,27);7-14H,4-6H2,1-3H3,(H,27,28)(H,24,25,26);6-11H,4-5,12H2,1-3H3,(H,25,26)(H,22,23,24)/b10-8+;9-7+;8-7+;. The van der Waals surface area contributed by atoms with Gasteiger partial charge in [0.25, 0.3) is 0 Å². The summed E-state index contributed by atoms with van der Waals surface area (Å²) in [7, 11) is 0. The fourth-order valence-corrected chi connectivity index (χ4v) is 15.5. The van der Waals surface area contributed by atoms with Crippen LogP contribution in [0.1, 0.15) is 188 Å². The molecule has 0 atom stereocenters. The zero-order chi connectivity index (χ0) is 83.9. The van der Waals surface area contributed by atoms with E-state index in [1.165, 1.54) is 19.5 Å². The molecular formula is C93H100N12O8S4. The Bertz CT molecular complexity index is 5470. The van der Waals surface area contributed by atoms with Crippen LogP contribution in [0.25, 0.3) is 61.0 Å². The van der Waals surface area contributed by atoms with E-state index in [0.717, 1.165) is 180 Å². The number of thiophene rings is 4. The summed E-state index contributed by atoms with van der Waals surface area (Å²) in [5, 5.41) is 49.6. The fourth-order valence-electron chi connectivity index (χ4n) is 12.1. The van der Waals surface area contributed by atoms with Crippen molar-refractivity contribution < 1.29 is 39.6 Å². The molecule has 8 aromatic heterocycles. The van der Waals surface area contributed by atoms with E-state index in [0.29, 0.717) is 36.1 Å². The number of nitrogens with zero attached hydrogens (tertiary/aromatic N) is 8. The lowest BCUT2D eigenvalue weighted by atomic mass is 10.1. The molecule has 0 saturated heterocycles. The molecule has 0 aliphatic carbocycles. The summed E-state index contributed by atoms with van der Waals surface area (Å²) in [6, 6.07) is 43.9. The zero-order valence-corrected chi connectivity index (χ0v) is 71.0. The number of hydrogen-bond donors (Lipinski definition) is 8. The molecule has 604 valence electrons. The molecule has 0 saturated carbocycles. The van der Waals surface area contributed by atoms with Crippen molar-refractivity contribution in [3.05, 3.63) is 276 Å². The second-order valence-corrected chi connectivity index (χ2v) is 31.6. The van der Waals surface area contributed by atoms with E-state index in [1.54, 1.807) is 118 Å². The van der Waals surface area contributed by atoms with Crippen molar-refractivity contribution in [3.63, 3.8) is 0 Å². The first-order valence-corrected chi connectivity index (χ1v) is 42.4. The summed E-state index contributed by atoms with van der Waals surface area (Å²) in [6.45, 7) is 28.6. The molecule has 0 unspecified atom stereocenters. The topological polar surface area (TPSA) is 300 Å². The summed E-state index contributed by atoms with van der Waals surface area (Å²) in [5.41, 5.74) is 12.7. The highest BCUT2D eigenvalue weighted by molar-refractivity contribution is 7.17. The van der Waals surface area contributed by atoms with E-state index in [2.05, 4.69) is 169 Å². The van der Waals surface area contributed by atoms with Crippen LogP contribution in [0.2, 0.25) is 0 Å². The highest BCUT2D eigenvalue weighted by atomic mass is 32.1.